The molecule has 1 aromatic rings. The molecule has 1 aromatic heterocycles. The van der Waals surface area contributed by atoms with Gasteiger partial charge in [-0.25, -0.2) is 4.39 Å². The van der Waals surface area contributed by atoms with Crippen molar-refractivity contribution < 1.29 is 4.39 Å². The molecule has 0 aliphatic heterocycles. The molecule has 1 aliphatic carbocycles. The lowest BCUT2D eigenvalue weighted by Gasteiger charge is -2.24. The van der Waals surface area contributed by atoms with Gasteiger partial charge in [0.15, 0.2) is 0 Å². The molecule has 1 heterocycles. The normalized spacial score (nSPS) is 18.8. The second-order valence-electron chi connectivity index (χ2n) is 4.83. The third-order valence-electron chi connectivity index (χ3n) is 3.58. The molecule has 0 aromatic carbocycles. The lowest BCUT2D eigenvalue weighted by Crippen LogP contribution is -2.22. The van der Waals surface area contributed by atoms with Crippen molar-refractivity contribution >= 4 is 11.8 Å². The summed E-state index contributed by atoms with van der Waals surface area (Å²) >= 11 is 1.98. The van der Waals surface area contributed by atoms with Crippen LogP contribution in [0.4, 0.5) is 4.39 Å². The fraction of sp³-hybridized carbons (Fsp3) is 0.643. The Labute approximate surface area is 113 Å². The minimum atomic E-state index is -0.207. The average Bonchev–Trinajstić information content (AvgIpc) is 2.42. The van der Waals surface area contributed by atoms with Gasteiger partial charge in [0.2, 0.25) is 0 Å². The number of hydrogen-bond acceptors (Lipinski definition) is 3. The van der Waals surface area contributed by atoms with Crippen LogP contribution >= 0.6 is 11.8 Å². The van der Waals surface area contributed by atoms with Gasteiger partial charge in [-0.3, -0.25) is 4.98 Å². The highest BCUT2D eigenvalue weighted by Gasteiger charge is 2.18. The van der Waals surface area contributed by atoms with Gasteiger partial charge in [0.1, 0.15) is 5.82 Å². The molecule has 1 unspecified atom stereocenters. The monoisotopic (exact) mass is 268 g/mol. The van der Waals surface area contributed by atoms with Crippen molar-refractivity contribution in [1.82, 2.24) is 10.3 Å². The highest BCUT2D eigenvalue weighted by molar-refractivity contribution is 7.99. The van der Waals surface area contributed by atoms with Gasteiger partial charge in [-0.1, -0.05) is 19.3 Å². The van der Waals surface area contributed by atoms with E-state index in [0.29, 0.717) is 0 Å². The lowest BCUT2D eigenvalue weighted by atomic mass is 10.0. The van der Waals surface area contributed by atoms with Crippen molar-refractivity contribution in [3.63, 3.8) is 0 Å². The Kier molecular flexibility index (Phi) is 5.45. The molecule has 1 N–H and O–H groups in total. The van der Waals surface area contributed by atoms with E-state index in [1.807, 2.05) is 18.8 Å². The van der Waals surface area contributed by atoms with Gasteiger partial charge < -0.3 is 5.32 Å². The molecule has 4 heteroatoms. The smallest absolute Gasteiger partial charge is 0.146 e. The number of hydrogen-bond donors (Lipinski definition) is 1. The number of nitrogens with one attached hydrogen (secondary N) is 1. The van der Waals surface area contributed by atoms with Crippen LogP contribution in [-0.2, 0) is 0 Å². The van der Waals surface area contributed by atoms with Crippen LogP contribution in [0.2, 0.25) is 0 Å². The van der Waals surface area contributed by atoms with Crippen LogP contribution in [0.3, 0.4) is 0 Å². The van der Waals surface area contributed by atoms with E-state index in [1.54, 1.807) is 12.3 Å². The minimum Gasteiger partial charge on any atom is -0.312 e. The number of thioether (sulfide) groups is 1. The van der Waals surface area contributed by atoms with Crippen LogP contribution < -0.4 is 5.32 Å². The van der Waals surface area contributed by atoms with E-state index in [9.17, 15) is 4.39 Å². The molecule has 0 amide bonds. The van der Waals surface area contributed by atoms with Gasteiger partial charge >= 0.3 is 0 Å². The maximum Gasteiger partial charge on any atom is 0.146 e. The summed E-state index contributed by atoms with van der Waals surface area (Å²) in [5.41, 5.74) is 0.732. The maximum absolute atomic E-state index is 13.7. The third-order valence-corrected chi connectivity index (χ3v) is 5.05. The molecule has 0 spiro atoms. The molecule has 0 radical (unpaired) electrons. The zero-order valence-electron chi connectivity index (χ0n) is 10.9. The summed E-state index contributed by atoms with van der Waals surface area (Å²) in [5, 5.41) is 3.97. The van der Waals surface area contributed by atoms with E-state index in [4.69, 9.17) is 0 Å². The first-order chi connectivity index (χ1) is 8.81. The summed E-state index contributed by atoms with van der Waals surface area (Å²) in [6, 6.07) is 1.86. The fourth-order valence-corrected chi connectivity index (χ4v) is 3.94. The van der Waals surface area contributed by atoms with Crippen molar-refractivity contribution in [2.24, 2.45) is 0 Å². The van der Waals surface area contributed by atoms with Crippen molar-refractivity contribution in [3.8, 4) is 0 Å². The fourth-order valence-electron chi connectivity index (χ4n) is 2.46. The number of nitrogens with zero attached hydrogens (tertiary/aromatic N) is 1. The van der Waals surface area contributed by atoms with Crippen molar-refractivity contribution in [1.29, 1.82) is 0 Å². The van der Waals surface area contributed by atoms with Gasteiger partial charge in [0.25, 0.3) is 0 Å². The molecular formula is C14H21FN2S. The van der Waals surface area contributed by atoms with Crippen molar-refractivity contribution in [3.05, 3.63) is 29.8 Å². The highest BCUT2D eigenvalue weighted by Crippen LogP contribution is 2.31. The quantitative estimate of drug-likeness (QED) is 0.884. The molecule has 100 valence electrons. The number of halogens is 1. The van der Waals surface area contributed by atoms with E-state index in [1.165, 1.54) is 38.3 Å². The Morgan fingerprint density at radius 3 is 2.89 bits per heavy atom. The van der Waals surface area contributed by atoms with E-state index < -0.39 is 0 Å². The highest BCUT2D eigenvalue weighted by atomic mass is 32.2. The molecule has 2 nitrogen and oxygen atoms in total. The van der Waals surface area contributed by atoms with Crippen molar-refractivity contribution in [2.75, 3.05) is 12.8 Å². The first kappa shape index (κ1) is 13.8. The van der Waals surface area contributed by atoms with Crippen LogP contribution in [0.1, 0.15) is 43.7 Å². The molecule has 0 saturated heterocycles. The Morgan fingerprint density at radius 2 is 2.22 bits per heavy atom. The molecule has 2 rings (SSSR count). The van der Waals surface area contributed by atoms with Crippen molar-refractivity contribution in [2.45, 2.75) is 43.4 Å². The third kappa shape index (κ3) is 3.69. The van der Waals surface area contributed by atoms with Crippen LogP contribution in [0.5, 0.6) is 0 Å². The SMILES string of the molecule is CNC(CSC1CCCCC1)c1ccncc1F. The minimum absolute atomic E-state index is 0.0833. The summed E-state index contributed by atoms with van der Waals surface area (Å²) in [4.78, 5) is 3.80. The Balaban J connectivity index is 1.91. The van der Waals surface area contributed by atoms with Crippen LogP contribution in [0, 0.1) is 5.82 Å². The standard InChI is InChI=1S/C14H21FN2S/c1-16-14(12-7-8-17-9-13(12)15)10-18-11-5-3-2-4-6-11/h7-9,11,14,16H,2-6,10H2,1H3. The van der Waals surface area contributed by atoms with Gasteiger partial charge in [-0.15, -0.1) is 0 Å². The predicted octanol–water partition coefficient (Wildman–Crippen LogP) is 3.55. The maximum atomic E-state index is 13.7. The van der Waals surface area contributed by atoms with Crippen LogP contribution in [0.25, 0.3) is 0 Å². The first-order valence-electron chi connectivity index (χ1n) is 6.69. The summed E-state index contributed by atoms with van der Waals surface area (Å²) in [6.07, 6.45) is 9.68. The zero-order chi connectivity index (χ0) is 12.8. The van der Waals surface area contributed by atoms with Gasteiger partial charge in [0.05, 0.1) is 6.20 Å². The molecule has 1 atom stereocenters. The molecular weight excluding hydrogens is 247 g/mol. The number of rotatable bonds is 5. The van der Waals surface area contributed by atoms with E-state index in [0.717, 1.165) is 16.6 Å². The Morgan fingerprint density at radius 1 is 1.44 bits per heavy atom. The summed E-state index contributed by atoms with van der Waals surface area (Å²) in [5.74, 6) is 0.725. The summed E-state index contributed by atoms with van der Waals surface area (Å²) < 4.78 is 13.7. The lowest BCUT2D eigenvalue weighted by molar-refractivity contribution is 0.513. The summed E-state index contributed by atoms with van der Waals surface area (Å²) in [6.45, 7) is 0. The van der Waals surface area contributed by atoms with Gasteiger partial charge in [-0.2, -0.15) is 11.8 Å². The van der Waals surface area contributed by atoms with Crippen LogP contribution in [0.15, 0.2) is 18.5 Å². The van der Waals surface area contributed by atoms with Gasteiger partial charge in [0, 0.05) is 28.8 Å². The van der Waals surface area contributed by atoms with Gasteiger partial charge in [-0.05, 0) is 26.0 Å². The topological polar surface area (TPSA) is 24.9 Å². The van der Waals surface area contributed by atoms with E-state index >= 15 is 0 Å². The van der Waals surface area contributed by atoms with E-state index in [-0.39, 0.29) is 11.9 Å². The number of pyridine rings is 1. The molecule has 1 fully saturated rings. The number of aromatic nitrogens is 1. The Bertz CT molecular complexity index is 367. The molecule has 18 heavy (non-hydrogen) atoms. The largest absolute Gasteiger partial charge is 0.312 e. The zero-order valence-corrected chi connectivity index (χ0v) is 11.7. The van der Waals surface area contributed by atoms with Crippen LogP contribution in [-0.4, -0.2) is 23.0 Å². The molecule has 1 saturated carbocycles. The second kappa shape index (κ2) is 7.10. The predicted molar refractivity (Wildman–Crippen MR) is 75.3 cm³/mol. The van der Waals surface area contributed by atoms with E-state index in [2.05, 4.69) is 10.3 Å². The molecule has 1 aliphatic rings. The average molecular weight is 268 g/mol. The Hall–Kier alpha value is -0.610. The summed E-state index contributed by atoms with van der Waals surface area (Å²) in [7, 11) is 1.89. The first-order valence-corrected chi connectivity index (χ1v) is 7.74. The molecule has 0 bridgehead atoms. The second-order valence-corrected chi connectivity index (χ2v) is 6.17.